The summed E-state index contributed by atoms with van der Waals surface area (Å²) in [4.78, 5) is 0. The highest BCUT2D eigenvalue weighted by atomic mass is 32.7. The van der Waals surface area contributed by atoms with Crippen molar-refractivity contribution in [1.29, 1.82) is 0 Å². The molecule has 2 N–H and O–H groups in total. The smallest absolute Gasteiger partial charge is 0.0892 e. The van der Waals surface area contributed by atoms with E-state index in [2.05, 4.69) is 32.4 Å². The monoisotopic (exact) mass is 178 g/mol. The molecule has 0 saturated carbocycles. The van der Waals surface area contributed by atoms with Gasteiger partial charge in [0.2, 0.25) is 0 Å². The lowest BCUT2D eigenvalue weighted by Gasteiger charge is -2.20. The fourth-order valence-corrected chi connectivity index (χ4v) is 2.63. The molecule has 0 radical (unpaired) electrons. The molecular formula is C7H17NPS+. The molecule has 0 amide bonds. The summed E-state index contributed by atoms with van der Waals surface area (Å²) in [6.07, 6.45) is 2.96. The molecule has 0 aliphatic rings. The summed E-state index contributed by atoms with van der Waals surface area (Å²) < 4.78 is 0. The summed E-state index contributed by atoms with van der Waals surface area (Å²) in [6, 6.07) is 0. The molecule has 1 nitrogen and oxygen atoms in total. The molecule has 0 heterocycles. The molecule has 0 aliphatic carbocycles. The molecule has 60 valence electrons. The third-order valence-corrected chi connectivity index (χ3v) is 6.57. The summed E-state index contributed by atoms with van der Waals surface area (Å²) in [6.45, 7) is 7.72. The molecule has 0 saturated heterocycles. The van der Waals surface area contributed by atoms with Crippen molar-refractivity contribution in [3.8, 4) is 0 Å². The van der Waals surface area contributed by atoms with E-state index < -0.39 is 6.46 Å². The molecule has 0 fully saturated rings. The van der Waals surface area contributed by atoms with E-state index in [0.29, 0.717) is 5.66 Å². The van der Waals surface area contributed by atoms with Crippen LogP contribution in [0, 0.1) is 0 Å². The van der Waals surface area contributed by atoms with Crippen LogP contribution in [0.15, 0.2) is 12.7 Å². The van der Waals surface area contributed by atoms with Gasteiger partial charge in [-0.25, -0.2) is 0 Å². The second-order valence-electron chi connectivity index (χ2n) is 2.77. The minimum absolute atomic E-state index is 0.550. The van der Waals surface area contributed by atoms with Gasteiger partial charge in [-0.3, -0.25) is 0 Å². The van der Waals surface area contributed by atoms with Crippen molar-refractivity contribution in [2.24, 2.45) is 5.73 Å². The Hall–Kier alpha value is 0.480. The van der Waals surface area contributed by atoms with Crippen molar-refractivity contribution in [2.75, 3.05) is 19.4 Å². The largest absolute Gasteiger partial charge is 0.327 e. The van der Waals surface area contributed by atoms with E-state index in [1.54, 1.807) is 0 Å². The van der Waals surface area contributed by atoms with Gasteiger partial charge in [0.1, 0.15) is 0 Å². The first kappa shape index (κ1) is 10.5. The van der Waals surface area contributed by atoms with Crippen LogP contribution < -0.4 is 5.73 Å². The molecule has 0 aromatic heterocycles. The van der Waals surface area contributed by atoms with E-state index in [1.165, 1.54) is 0 Å². The highest BCUT2D eigenvalue weighted by Gasteiger charge is 2.31. The molecule has 0 rings (SSSR count). The van der Waals surface area contributed by atoms with Crippen LogP contribution in [0.25, 0.3) is 0 Å². The van der Waals surface area contributed by atoms with Gasteiger partial charge in [0.05, 0.1) is 25.0 Å². The van der Waals surface area contributed by atoms with Gasteiger partial charge in [0, 0.05) is 18.8 Å². The first-order chi connectivity index (χ1) is 4.54. The fourth-order valence-electron chi connectivity index (χ4n) is 0.668. The first-order valence-electron chi connectivity index (χ1n) is 3.43. The fraction of sp³-hybridized carbons (Fsp3) is 0.714. The average molecular weight is 178 g/mol. The summed E-state index contributed by atoms with van der Waals surface area (Å²) in [5.74, 6) is 0. The molecule has 0 aliphatic heterocycles. The van der Waals surface area contributed by atoms with Crippen LogP contribution in [0.3, 0.4) is 0 Å². The van der Waals surface area contributed by atoms with Crippen molar-refractivity contribution < 1.29 is 0 Å². The SMILES string of the molecule is C=CC[P+](C)(S)C(C)CN. The van der Waals surface area contributed by atoms with Crippen LogP contribution in [0.2, 0.25) is 0 Å². The van der Waals surface area contributed by atoms with Gasteiger partial charge in [0.15, 0.2) is 0 Å². The quantitative estimate of drug-likeness (QED) is 0.384. The Morgan fingerprint density at radius 3 is 2.60 bits per heavy atom. The average Bonchev–Trinajstić information content (AvgIpc) is 1.86. The van der Waals surface area contributed by atoms with E-state index >= 15 is 0 Å². The summed E-state index contributed by atoms with van der Waals surface area (Å²) in [5.41, 5.74) is 6.08. The Bertz CT molecular complexity index is 114. The van der Waals surface area contributed by atoms with E-state index in [0.717, 1.165) is 12.7 Å². The zero-order valence-corrected chi connectivity index (χ0v) is 8.54. The van der Waals surface area contributed by atoms with Gasteiger partial charge in [-0.2, -0.15) is 0 Å². The first-order valence-corrected chi connectivity index (χ1v) is 7.08. The Morgan fingerprint density at radius 2 is 2.30 bits per heavy atom. The number of rotatable bonds is 4. The highest BCUT2D eigenvalue weighted by molar-refractivity contribution is 8.53. The van der Waals surface area contributed by atoms with Crippen molar-refractivity contribution in [3.05, 3.63) is 12.7 Å². The Labute approximate surface area is 69.6 Å². The van der Waals surface area contributed by atoms with E-state index in [4.69, 9.17) is 5.73 Å². The molecule has 2 unspecified atom stereocenters. The minimum Gasteiger partial charge on any atom is -0.327 e. The second-order valence-corrected chi connectivity index (χ2v) is 9.19. The van der Waals surface area contributed by atoms with Crippen LogP contribution in [0.5, 0.6) is 0 Å². The predicted octanol–water partition coefficient (Wildman–Crippen LogP) is 2.01. The van der Waals surface area contributed by atoms with Crippen LogP contribution in [-0.2, 0) is 0 Å². The third-order valence-electron chi connectivity index (χ3n) is 1.79. The van der Waals surface area contributed by atoms with Gasteiger partial charge in [0.25, 0.3) is 0 Å². The maximum Gasteiger partial charge on any atom is 0.0892 e. The van der Waals surface area contributed by atoms with Crippen molar-refractivity contribution in [3.63, 3.8) is 0 Å². The van der Waals surface area contributed by atoms with Crippen LogP contribution >= 0.6 is 18.7 Å². The highest BCUT2D eigenvalue weighted by Crippen LogP contribution is 2.63. The number of thiol groups is 1. The lowest BCUT2D eigenvalue weighted by molar-refractivity contribution is 0.936. The maximum atomic E-state index is 5.53. The number of nitrogens with two attached hydrogens (primary N) is 1. The molecule has 3 heteroatoms. The molecule has 0 aromatic carbocycles. The lowest BCUT2D eigenvalue weighted by Crippen LogP contribution is -2.18. The topological polar surface area (TPSA) is 26.0 Å². The van der Waals surface area contributed by atoms with Crippen LogP contribution in [0.1, 0.15) is 6.92 Å². The zero-order valence-electron chi connectivity index (χ0n) is 6.75. The standard InChI is InChI=1S/C7H17NPS/c1-4-5-9(3,10)7(2)6-8/h4,7,10H,1,5-6,8H2,2-3H3/q+1. The van der Waals surface area contributed by atoms with E-state index in [1.807, 2.05) is 6.08 Å². The third kappa shape index (κ3) is 3.05. The van der Waals surface area contributed by atoms with E-state index in [-0.39, 0.29) is 0 Å². The van der Waals surface area contributed by atoms with Gasteiger partial charge in [-0.05, 0) is 6.92 Å². The number of allylic oxidation sites excluding steroid dienone is 1. The van der Waals surface area contributed by atoms with Gasteiger partial charge in [-0.1, -0.05) is 12.7 Å². The number of hydrogen-bond acceptors (Lipinski definition) is 2. The maximum absolute atomic E-state index is 5.53. The second kappa shape index (κ2) is 4.38. The molecule has 10 heavy (non-hydrogen) atoms. The predicted molar refractivity (Wildman–Crippen MR) is 55.4 cm³/mol. The zero-order chi connectivity index (χ0) is 8.20. The minimum atomic E-state index is -1.08. The molecule has 0 aromatic rings. The molecule has 2 atom stereocenters. The number of hydrogen-bond donors (Lipinski definition) is 2. The van der Waals surface area contributed by atoms with Gasteiger partial charge in [-0.15, -0.1) is 0 Å². The Kier molecular flexibility index (Phi) is 4.59. The van der Waals surface area contributed by atoms with Crippen molar-refractivity contribution >= 4 is 18.7 Å². The Morgan fingerprint density at radius 1 is 1.80 bits per heavy atom. The Balaban J connectivity index is 3.94. The van der Waals surface area contributed by atoms with Gasteiger partial charge < -0.3 is 5.73 Å². The molecular weight excluding hydrogens is 161 g/mol. The van der Waals surface area contributed by atoms with Crippen molar-refractivity contribution in [2.45, 2.75) is 12.6 Å². The van der Waals surface area contributed by atoms with Crippen molar-refractivity contribution in [1.82, 2.24) is 0 Å². The molecule has 0 spiro atoms. The summed E-state index contributed by atoms with van der Waals surface area (Å²) >= 11 is 4.60. The van der Waals surface area contributed by atoms with Crippen LogP contribution in [0.4, 0.5) is 0 Å². The van der Waals surface area contributed by atoms with Crippen LogP contribution in [-0.4, -0.2) is 25.0 Å². The summed E-state index contributed by atoms with van der Waals surface area (Å²) in [7, 11) is 0. The lowest BCUT2D eigenvalue weighted by atomic mass is 10.5. The van der Waals surface area contributed by atoms with Gasteiger partial charge >= 0.3 is 0 Å². The molecule has 0 bridgehead atoms. The van der Waals surface area contributed by atoms with E-state index in [9.17, 15) is 0 Å². The summed E-state index contributed by atoms with van der Waals surface area (Å²) in [5, 5.41) is 0. The normalized spacial score (nSPS) is 19.6.